The summed E-state index contributed by atoms with van der Waals surface area (Å²) >= 11 is 0. The van der Waals surface area contributed by atoms with Gasteiger partial charge in [-0.3, -0.25) is 14.9 Å². The van der Waals surface area contributed by atoms with Crippen molar-refractivity contribution in [2.75, 3.05) is 16.8 Å². The van der Waals surface area contributed by atoms with Crippen molar-refractivity contribution in [1.29, 1.82) is 0 Å². The molecule has 0 atom stereocenters. The van der Waals surface area contributed by atoms with E-state index in [9.17, 15) is 9.59 Å². The van der Waals surface area contributed by atoms with Gasteiger partial charge in [-0.15, -0.1) is 0 Å². The van der Waals surface area contributed by atoms with Gasteiger partial charge in [0.05, 0.1) is 11.0 Å². The second-order valence-corrected chi connectivity index (χ2v) is 5.75. The number of para-hydroxylation sites is 2. The van der Waals surface area contributed by atoms with Gasteiger partial charge in [0.25, 0.3) is 5.91 Å². The molecule has 0 saturated carbocycles. The van der Waals surface area contributed by atoms with E-state index in [1.165, 1.54) is 0 Å². The maximum absolute atomic E-state index is 12.3. The summed E-state index contributed by atoms with van der Waals surface area (Å²) < 4.78 is 0. The minimum absolute atomic E-state index is 0.134. The van der Waals surface area contributed by atoms with Gasteiger partial charge in [0.2, 0.25) is 11.9 Å². The molecule has 6 nitrogen and oxygen atoms in total. The first-order valence-corrected chi connectivity index (χ1v) is 7.87. The molecular weight excluding hydrogens is 304 g/mol. The van der Waals surface area contributed by atoms with Crippen molar-refractivity contribution in [3.63, 3.8) is 0 Å². The quantitative estimate of drug-likeness (QED) is 0.779. The topological polar surface area (TPSA) is 78.1 Å². The summed E-state index contributed by atoms with van der Waals surface area (Å²) in [5, 5.41) is 2.76. The smallest absolute Gasteiger partial charge is 0.257 e. The van der Waals surface area contributed by atoms with Gasteiger partial charge < -0.3 is 9.88 Å². The maximum atomic E-state index is 12.3. The Labute approximate surface area is 138 Å². The zero-order valence-electron chi connectivity index (χ0n) is 13.0. The van der Waals surface area contributed by atoms with Crippen LogP contribution in [0.5, 0.6) is 0 Å². The maximum Gasteiger partial charge on any atom is 0.257 e. The molecule has 4 rings (SSSR count). The molecular formula is C18H16N4O2. The van der Waals surface area contributed by atoms with Crippen LogP contribution in [0, 0.1) is 0 Å². The number of nitrogens with one attached hydrogen (secondary N) is 2. The highest BCUT2D eigenvalue weighted by molar-refractivity contribution is 6.04. The highest BCUT2D eigenvalue weighted by Gasteiger charge is 2.21. The van der Waals surface area contributed by atoms with Crippen LogP contribution < -0.4 is 10.2 Å². The lowest BCUT2D eigenvalue weighted by atomic mass is 10.2. The molecule has 2 heterocycles. The van der Waals surface area contributed by atoms with Crippen molar-refractivity contribution < 1.29 is 9.59 Å². The third-order valence-electron chi connectivity index (χ3n) is 4.14. The van der Waals surface area contributed by atoms with E-state index in [-0.39, 0.29) is 11.8 Å². The minimum atomic E-state index is -0.242. The molecule has 0 spiro atoms. The van der Waals surface area contributed by atoms with E-state index in [2.05, 4.69) is 15.3 Å². The van der Waals surface area contributed by atoms with Crippen LogP contribution in [0.3, 0.4) is 0 Å². The number of carbonyl (C=O) groups excluding carboxylic acids is 2. The van der Waals surface area contributed by atoms with E-state index in [0.717, 1.165) is 29.7 Å². The van der Waals surface area contributed by atoms with Gasteiger partial charge in [-0.05, 0) is 42.8 Å². The Hall–Kier alpha value is -3.15. The molecule has 0 aliphatic carbocycles. The largest absolute Gasteiger partial charge is 0.324 e. The van der Waals surface area contributed by atoms with E-state index in [1.807, 2.05) is 24.3 Å². The lowest BCUT2D eigenvalue weighted by Crippen LogP contribution is -2.23. The number of aromatic nitrogens is 2. The van der Waals surface area contributed by atoms with Crippen molar-refractivity contribution in [3.8, 4) is 0 Å². The fraction of sp³-hybridized carbons (Fsp3) is 0.167. The first-order chi connectivity index (χ1) is 11.7. The van der Waals surface area contributed by atoms with Crippen molar-refractivity contribution in [3.05, 3.63) is 54.1 Å². The summed E-state index contributed by atoms with van der Waals surface area (Å²) in [6.45, 7) is 0.739. The Morgan fingerprint density at radius 2 is 1.92 bits per heavy atom. The van der Waals surface area contributed by atoms with Gasteiger partial charge in [-0.25, -0.2) is 4.98 Å². The lowest BCUT2D eigenvalue weighted by molar-refractivity contribution is -0.117. The van der Waals surface area contributed by atoms with Crippen molar-refractivity contribution in [2.24, 2.45) is 0 Å². The van der Waals surface area contributed by atoms with Gasteiger partial charge in [0, 0.05) is 24.2 Å². The molecule has 1 aliphatic heterocycles. The Bertz CT molecular complexity index is 881. The van der Waals surface area contributed by atoms with Crippen LogP contribution >= 0.6 is 0 Å². The van der Waals surface area contributed by atoms with Crippen LogP contribution in [0.15, 0.2) is 48.5 Å². The average molecular weight is 320 g/mol. The zero-order chi connectivity index (χ0) is 16.5. The fourth-order valence-corrected chi connectivity index (χ4v) is 2.91. The van der Waals surface area contributed by atoms with E-state index < -0.39 is 0 Å². The molecule has 1 saturated heterocycles. The van der Waals surface area contributed by atoms with E-state index in [0.29, 0.717) is 17.9 Å². The molecule has 1 fully saturated rings. The highest BCUT2D eigenvalue weighted by Crippen LogP contribution is 2.22. The van der Waals surface area contributed by atoms with Gasteiger partial charge >= 0.3 is 0 Å². The van der Waals surface area contributed by atoms with Gasteiger partial charge in [-0.1, -0.05) is 12.1 Å². The third kappa shape index (κ3) is 2.62. The summed E-state index contributed by atoms with van der Waals surface area (Å²) in [5.74, 6) is 0.308. The SMILES string of the molecule is O=C(Nc1nc2ccccc2[nH]1)c1ccc(N2CCCC2=O)cc1. The average Bonchev–Trinajstić information content (AvgIpc) is 3.20. The Morgan fingerprint density at radius 1 is 1.12 bits per heavy atom. The van der Waals surface area contributed by atoms with Gasteiger partial charge in [0.1, 0.15) is 0 Å². The van der Waals surface area contributed by atoms with Crippen LogP contribution in [-0.4, -0.2) is 28.3 Å². The number of hydrogen-bond donors (Lipinski definition) is 2. The lowest BCUT2D eigenvalue weighted by Gasteiger charge is -2.15. The standard InChI is InChI=1S/C18H16N4O2/c23-16-6-3-11-22(16)13-9-7-12(8-10-13)17(24)21-18-19-14-4-1-2-5-15(14)20-18/h1-2,4-5,7-10H,3,6,11H2,(H2,19,20,21,24). The zero-order valence-corrected chi connectivity index (χ0v) is 13.0. The first kappa shape index (κ1) is 14.4. The highest BCUT2D eigenvalue weighted by atomic mass is 16.2. The van der Waals surface area contributed by atoms with Gasteiger partial charge in [-0.2, -0.15) is 0 Å². The van der Waals surface area contributed by atoms with E-state index in [4.69, 9.17) is 0 Å². The number of hydrogen-bond acceptors (Lipinski definition) is 3. The van der Waals surface area contributed by atoms with Crippen molar-refractivity contribution in [1.82, 2.24) is 9.97 Å². The molecule has 6 heteroatoms. The number of anilines is 2. The molecule has 0 unspecified atom stereocenters. The molecule has 0 radical (unpaired) electrons. The minimum Gasteiger partial charge on any atom is -0.324 e. The normalized spacial score (nSPS) is 14.3. The van der Waals surface area contributed by atoms with Gasteiger partial charge in [0.15, 0.2) is 0 Å². The number of amides is 2. The number of imidazole rings is 1. The van der Waals surface area contributed by atoms with Crippen LogP contribution in [0.2, 0.25) is 0 Å². The molecule has 0 bridgehead atoms. The van der Waals surface area contributed by atoms with Crippen molar-refractivity contribution in [2.45, 2.75) is 12.8 Å². The molecule has 24 heavy (non-hydrogen) atoms. The summed E-state index contributed by atoms with van der Waals surface area (Å²) in [6, 6.07) is 14.6. The number of H-pyrrole nitrogens is 1. The monoisotopic (exact) mass is 320 g/mol. The Balaban J connectivity index is 1.50. The molecule has 2 aromatic carbocycles. The number of benzene rings is 2. The second-order valence-electron chi connectivity index (χ2n) is 5.75. The number of nitrogens with zero attached hydrogens (tertiary/aromatic N) is 2. The summed E-state index contributed by atoms with van der Waals surface area (Å²) in [4.78, 5) is 33.2. The first-order valence-electron chi connectivity index (χ1n) is 7.87. The fourth-order valence-electron chi connectivity index (χ4n) is 2.91. The van der Waals surface area contributed by atoms with Crippen LogP contribution in [0.4, 0.5) is 11.6 Å². The summed E-state index contributed by atoms with van der Waals surface area (Å²) in [6.07, 6.45) is 1.47. The molecule has 1 aliphatic rings. The van der Waals surface area contributed by atoms with E-state index in [1.54, 1.807) is 29.2 Å². The number of aromatic amines is 1. The molecule has 1 aromatic heterocycles. The van der Waals surface area contributed by atoms with Crippen LogP contribution in [0.1, 0.15) is 23.2 Å². The number of rotatable bonds is 3. The van der Waals surface area contributed by atoms with Crippen LogP contribution in [-0.2, 0) is 4.79 Å². The molecule has 3 aromatic rings. The third-order valence-corrected chi connectivity index (χ3v) is 4.14. The summed E-state index contributed by atoms with van der Waals surface area (Å²) in [5.41, 5.74) is 3.02. The second kappa shape index (κ2) is 5.81. The van der Waals surface area contributed by atoms with E-state index >= 15 is 0 Å². The number of fused-ring (bicyclic) bond motifs is 1. The summed E-state index contributed by atoms with van der Waals surface area (Å²) in [7, 11) is 0. The Kier molecular flexibility index (Phi) is 3.49. The van der Waals surface area contributed by atoms with Crippen molar-refractivity contribution >= 4 is 34.5 Å². The molecule has 2 N–H and O–H groups in total. The van der Waals surface area contributed by atoms with Crippen LogP contribution in [0.25, 0.3) is 11.0 Å². The number of carbonyl (C=O) groups is 2. The molecule has 120 valence electrons. The predicted octanol–water partition coefficient (Wildman–Crippen LogP) is 2.94. The molecule has 2 amide bonds. The predicted molar refractivity (Wildman–Crippen MR) is 92.1 cm³/mol. The Morgan fingerprint density at radius 3 is 2.62 bits per heavy atom.